The van der Waals surface area contributed by atoms with Crippen molar-refractivity contribution in [2.75, 3.05) is 0 Å². The van der Waals surface area contributed by atoms with Crippen molar-refractivity contribution in [3.63, 3.8) is 0 Å². The molecule has 1 saturated heterocycles. The number of carbonyl (C=O) groups is 1. The largest absolute Gasteiger partial charge is 0.327 e. The van der Waals surface area contributed by atoms with Crippen molar-refractivity contribution in [3.05, 3.63) is 76.0 Å². The monoisotopic (exact) mass is 477 g/mol. The summed E-state index contributed by atoms with van der Waals surface area (Å²) in [6.45, 7) is 3.79. The second-order valence-corrected chi connectivity index (χ2v) is 9.35. The second kappa shape index (κ2) is 7.63. The van der Waals surface area contributed by atoms with Gasteiger partial charge in [-0.05, 0) is 63.4 Å². The summed E-state index contributed by atoms with van der Waals surface area (Å²) in [4.78, 5) is 24.7. The van der Waals surface area contributed by atoms with Crippen LogP contribution >= 0.6 is 0 Å². The molecule has 0 unspecified atom stereocenters. The zero-order valence-electron chi connectivity index (χ0n) is 19.4. The lowest BCUT2D eigenvalue weighted by atomic mass is 9.94. The zero-order valence-corrected chi connectivity index (χ0v) is 19.4. The van der Waals surface area contributed by atoms with Crippen LogP contribution in [0.1, 0.15) is 51.9 Å². The lowest BCUT2D eigenvalue weighted by Crippen LogP contribution is -2.41. The summed E-state index contributed by atoms with van der Waals surface area (Å²) in [5, 5.41) is 4.65. The molecular weight excluding hydrogens is 455 g/mol. The third kappa shape index (κ3) is 3.25. The minimum atomic E-state index is -1.49. The fourth-order valence-electron chi connectivity index (χ4n) is 5.52. The first-order valence-corrected chi connectivity index (χ1v) is 11.5. The number of rotatable bonds is 2. The first kappa shape index (κ1) is 21.8. The molecular formula is C26H22F3N5O. The molecule has 1 fully saturated rings. The summed E-state index contributed by atoms with van der Waals surface area (Å²) >= 11 is 0. The molecule has 9 heteroatoms. The fourth-order valence-corrected chi connectivity index (χ4v) is 5.52. The number of amides is 1. The number of nitrogens with zero attached hydrogens (tertiary/aromatic N) is 5. The van der Waals surface area contributed by atoms with E-state index in [1.807, 2.05) is 24.8 Å². The van der Waals surface area contributed by atoms with Crippen LogP contribution in [0, 0.1) is 31.3 Å². The van der Waals surface area contributed by atoms with Gasteiger partial charge in [-0.2, -0.15) is 5.10 Å². The van der Waals surface area contributed by atoms with Crippen molar-refractivity contribution in [2.45, 2.75) is 45.2 Å². The van der Waals surface area contributed by atoms with E-state index in [2.05, 4.69) is 15.1 Å². The van der Waals surface area contributed by atoms with E-state index >= 15 is 0 Å². The van der Waals surface area contributed by atoms with Crippen molar-refractivity contribution in [2.24, 2.45) is 7.05 Å². The predicted molar refractivity (Wildman–Crippen MR) is 123 cm³/mol. The van der Waals surface area contributed by atoms with Gasteiger partial charge in [-0.1, -0.05) is 0 Å². The number of aryl methyl sites for hydroxylation is 3. The van der Waals surface area contributed by atoms with Crippen molar-refractivity contribution >= 4 is 16.9 Å². The van der Waals surface area contributed by atoms with E-state index in [1.165, 1.54) is 0 Å². The lowest BCUT2D eigenvalue weighted by molar-refractivity contribution is 0.0642. The summed E-state index contributed by atoms with van der Waals surface area (Å²) in [6.07, 6.45) is 2.05. The van der Waals surface area contributed by atoms with Crippen LogP contribution in [0.5, 0.6) is 0 Å². The Morgan fingerprint density at radius 2 is 1.66 bits per heavy atom. The Hall–Kier alpha value is -3.75. The molecule has 1 amide bonds. The van der Waals surface area contributed by atoms with Crippen LogP contribution in [-0.2, 0) is 13.5 Å². The number of fused-ring (bicyclic) bond motifs is 5. The third-order valence-corrected chi connectivity index (χ3v) is 7.25. The Labute approximate surface area is 199 Å². The van der Waals surface area contributed by atoms with E-state index in [9.17, 15) is 18.0 Å². The van der Waals surface area contributed by atoms with Gasteiger partial charge in [-0.3, -0.25) is 9.48 Å². The van der Waals surface area contributed by atoms with E-state index in [0.29, 0.717) is 23.2 Å². The van der Waals surface area contributed by atoms with Gasteiger partial charge in [0.15, 0.2) is 17.5 Å². The molecule has 0 radical (unpaired) electrons. The molecule has 2 aliphatic rings. The molecule has 0 spiro atoms. The number of aromatic nitrogens is 4. The Balaban J connectivity index is 1.39. The Morgan fingerprint density at radius 1 is 0.971 bits per heavy atom. The van der Waals surface area contributed by atoms with Gasteiger partial charge in [0, 0.05) is 29.8 Å². The van der Waals surface area contributed by atoms with Crippen molar-refractivity contribution < 1.29 is 18.0 Å². The van der Waals surface area contributed by atoms with Crippen molar-refractivity contribution in [1.29, 1.82) is 0 Å². The van der Waals surface area contributed by atoms with E-state index in [0.717, 1.165) is 53.1 Å². The number of hydrogen-bond acceptors (Lipinski definition) is 4. The van der Waals surface area contributed by atoms with Crippen LogP contribution in [0.15, 0.2) is 30.3 Å². The number of benzene rings is 2. The van der Waals surface area contributed by atoms with Gasteiger partial charge in [0.25, 0.3) is 5.91 Å². The molecule has 2 aromatic carbocycles. The highest BCUT2D eigenvalue weighted by Crippen LogP contribution is 2.46. The molecule has 0 saturated carbocycles. The molecule has 6 nitrogen and oxygen atoms in total. The molecule has 178 valence electrons. The van der Waals surface area contributed by atoms with Crippen LogP contribution in [0.25, 0.3) is 22.3 Å². The first-order chi connectivity index (χ1) is 16.7. The summed E-state index contributed by atoms with van der Waals surface area (Å²) in [5.41, 5.74) is 5.97. The Kier molecular flexibility index (Phi) is 4.74. The van der Waals surface area contributed by atoms with Gasteiger partial charge in [-0.15, -0.1) is 0 Å². The molecule has 4 heterocycles. The molecule has 4 aromatic rings. The van der Waals surface area contributed by atoms with Crippen LogP contribution in [0.4, 0.5) is 13.2 Å². The highest BCUT2D eigenvalue weighted by atomic mass is 19.2. The number of carbonyl (C=O) groups excluding carboxylic acids is 1. The average molecular weight is 477 g/mol. The number of hydrogen-bond donors (Lipinski definition) is 0. The van der Waals surface area contributed by atoms with Gasteiger partial charge in [0.05, 0.1) is 39.9 Å². The van der Waals surface area contributed by atoms with Crippen molar-refractivity contribution in [1.82, 2.24) is 24.6 Å². The van der Waals surface area contributed by atoms with Crippen molar-refractivity contribution in [3.8, 4) is 11.3 Å². The third-order valence-electron chi connectivity index (χ3n) is 7.25. The maximum absolute atomic E-state index is 14.0. The predicted octanol–water partition coefficient (Wildman–Crippen LogP) is 4.97. The molecule has 2 aliphatic heterocycles. The molecule has 2 aromatic heterocycles. The maximum atomic E-state index is 14.0. The Morgan fingerprint density at radius 3 is 2.37 bits per heavy atom. The topological polar surface area (TPSA) is 63.9 Å². The quantitative estimate of drug-likeness (QED) is 0.383. The molecule has 0 N–H and O–H groups in total. The summed E-state index contributed by atoms with van der Waals surface area (Å²) in [7, 11) is 1.69. The second-order valence-electron chi connectivity index (χ2n) is 9.35. The maximum Gasteiger partial charge on any atom is 0.254 e. The standard InChI is InChI=1S/C26H22F3N5O/c1-12-13(2)31-21-10-14(4-6-20(21)30-12)26(35)34-16-5-7-22(34)24-17(11-16)25(33(3)32-24)15-8-18(27)23(29)19(28)9-15/h4,6,8-10,16,22H,5,7,11H2,1-3H3/t16-,22+/m1/s1. The molecule has 2 atom stereocenters. The van der Waals surface area contributed by atoms with E-state index in [-0.39, 0.29) is 23.6 Å². The molecule has 6 rings (SSSR count). The first-order valence-electron chi connectivity index (χ1n) is 11.5. The average Bonchev–Trinajstić information content (AvgIpc) is 3.33. The van der Waals surface area contributed by atoms with E-state index < -0.39 is 17.5 Å². The highest BCUT2D eigenvalue weighted by molar-refractivity contribution is 5.98. The van der Waals surface area contributed by atoms with Gasteiger partial charge in [0.2, 0.25) is 0 Å². The summed E-state index contributed by atoms with van der Waals surface area (Å²) in [6, 6.07) is 7.05. The van der Waals surface area contributed by atoms with Crippen LogP contribution in [-0.4, -0.2) is 36.6 Å². The van der Waals surface area contributed by atoms with Gasteiger partial charge in [-0.25, -0.2) is 23.1 Å². The zero-order chi connectivity index (χ0) is 24.6. The van der Waals surface area contributed by atoms with Crippen LogP contribution in [0.2, 0.25) is 0 Å². The van der Waals surface area contributed by atoms with Gasteiger partial charge < -0.3 is 4.90 Å². The lowest BCUT2D eigenvalue weighted by Gasteiger charge is -2.34. The van der Waals surface area contributed by atoms with Crippen LogP contribution in [0.3, 0.4) is 0 Å². The summed E-state index contributed by atoms with van der Waals surface area (Å²) in [5.74, 6) is -4.08. The van der Waals surface area contributed by atoms with Gasteiger partial charge in [0.1, 0.15) is 0 Å². The number of halogens is 3. The SMILES string of the molecule is Cc1nc2ccc(C(=O)N3[C@@H]4CC[C@H]3c3nn(C)c(-c5cc(F)c(F)c(F)c5)c3C4)cc2nc1C. The molecule has 0 aliphatic carbocycles. The minimum absolute atomic E-state index is 0.0698. The molecule has 35 heavy (non-hydrogen) atoms. The summed E-state index contributed by atoms with van der Waals surface area (Å²) < 4.78 is 43.0. The highest BCUT2D eigenvalue weighted by Gasteiger charge is 2.46. The minimum Gasteiger partial charge on any atom is -0.327 e. The fraction of sp³-hybridized carbons (Fsp3) is 0.308. The van der Waals surface area contributed by atoms with E-state index in [4.69, 9.17) is 0 Å². The van der Waals surface area contributed by atoms with Gasteiger partial charge >= 0.3 is 0 Å². The Bertz CT molecular complexity index is 1520. The smallest absolute Gasteiger partial charge is 0.254 e. The van der Waals surface area contributed by atoms with Crippen LogP contribution < -0.4 is 0 Å². The van der Waals surface area contributed by atoms with E-state index in [1.54, 1.807) is 23.9 Å². The normalized spacial score (nSPS) is 18.9. The molecule has 2 bridgehead atoms.